The van der Waals surface area contributed by atoms with E-state index < -0.39 is 0 Å². The monoisotopic (exact) mass is 321 g/mol. The zero-order chi connectivity index (χ0) is 13.7. The molecule has 0 saturated carbocycles. The Hall–Kier alpha value is -1.68. The summed E-state index contributed by atoms with van der Waals surface area (Å²) in [6, 6.07) is 13.9. The van der Waals surface area contributed by atoms with Crippen LogP contribution in [0.3, 0.4) is 0 Å². The number of methoxy groups -OCH3 is 2. The number of nitrogens with one attached hydrogen (secondary N) is 1. The van der Waals surface area contributed by atoms with Crippen LogP contribution in [0.1, 0.15) is 5.56 Å². The number of halogens is 1. The standard InChI is InChI=1S/C15H16BrNO2/c1-18-14-9-5-6-11(15(14)19-2)10-17-13-8-4-3-7-12(13)16/h3-9,17H,10H2,1-2H3. The van der Waals surface area contributed by atoms with Gasteiger partial charge < -0.3 is 14.8 Å². The van der Waals surface area contributed by atoms with Gasteiger partial charge in [-0.25, -0.2) is 0 Å². The van der Waals surface area contributed by atoms with Crippen LogP contribution in [0.2, 0.25) is 0 Å². The van der Waals surface area contributed by atoms with Crippen molar-refractivity contribution in [1.29, 1.82) is 0 Å². The molecule has 1 N–H and O–H groups in total. The Bertz CT molecular complexity index is 558. The SMILES string of the molecule is COc1cccc(CNc2ccccc2Br)c1OC. The van der Waals surface area contributed by atoms with Crippen LogP contribution in [-0.2, 0) is 6.54 Å². The summed E-state index contributed by atoms with van der Waals surface area (Å²) in [5.74, 6) is 1.51. The van der Waals surface area contributed by atoms with Crippen molar-refractivity contribution in [3.63, 3.8) is 0 Å². The number of benzene rings is 2. The lowest BCUT2D eigenvalue weighted by Gasteiger charge is -2.14. The molecule has 2 aromatic carbocycles. The van der Waals surface area contributed by atoms with Crippen molar-refractivity contribution < 1.29 is 9.47 Å². The lowest BCUT2D eigenvalue weighted by Crippen LogP contribution is -2.03. The third-order valence-corrected chi connectivity index (χ3v) is 3.52. The fraction of sp³-hybridized carbons (Fsp3) is 0.200. The maximum Gasteiger partial charge on any atom is 0.165 e. The fourth-order valence-corrected chi connectivity index (χ4v) is 2.31. The number of hydrogen-bond acceptors (Lipinski definition) is 3. The number of hydrogen-bond donors (Lipinski definition) is 1. The molecule has 0 saturated heterocycles. The summed E-state index contributed by atoms with van der Waals surface area (Å²) < 4.78 is 11.7. The van der Waals surface area contributed by atoms with Crippen molar-refractivity contribution in [2.45, 2.75) is 6.54 Å². The minimum absolute atomic E-state index is 0.670. The van der Waals surface area contributed by atoms with Gasteiger partial charge in [0.1, 0.15) is 0 Å². The summed E-state index contributed by atoms with van der Waals surface area (Å²) >= 11 is 3.52. The Labute approximate surface area is 121 Å². The maximum atomic E-state index is 5.41. The van der Waals surface area contributed by atoms with Crippen molar-refractivity contribution in [1.82, 2.24) is 0 Å². The van der Waals surface area contributed by atoms with Crippen LogP contribution in [0.4, 0.5) is 5.69 Å². The van der Waals surface area contributed by atoms with Crippen molar-refractivity contribution in [3.8, 4) is 11.5 Å². The first-order valence-electron chi connectivity index (χ1n) is 5.94. The highest BCUT2D eigenvalue weighted by Crippen LogP contribution is 2.31. The van der Waals surface area contributed by atoms with E-state index in [1.165, 1.54) is 0 Å². The van der Waals surface area contributed by atoms with Gasteiger partial charge in [-0.3, -0.25) is 0 Å². The van der Waals surface area contributed by atoms with Gasteiger partial charge in [0.2, 0.25) is 0 Å². The van der Waals surface area contributed by atoms with E-state index >= 15 is 0 Å². The van der Waals surface area contributed by atoms with E-state index in [1.807, 2.05) is 42.5 Å². The Morgan fingerprint density at radius 3 is 2.47 bits per heavy atom. The average Bonchev–Trinajstić information content (AvgIpc) is 2.45. The molecular weight excluding hydrogens is 306 g/mol. The molecule has 0 bridgehead atoms. The van der Waals surface area contributed by atoms with Crippen LogP contribution >= 0.6 is 15.9 Å². The smallest absolute Gasteiger partial charge is 0.165 e. The van der Waals surface area contributed by atoms with Gasteiger partial charge in [0.05, 0.1) is 14.2 Å². The van der Waals surface area contributed by atoms with Gasteiger partial charge in [0, 0.05) is 22.3 Å². The van der Waals surface area contributed by atoms with Gasteiger partial charge in [0.25, 0.3) is 0 Å². The summed E-state index contributed by atoms with van der Waals surface area (Å²) in [5.41, 5.74) is 2.10. The second-order valence-electron chi connectivity index (χ2n) is 3.99. The molecule has 19 heavy (non-hydrogen) atoms. The third kappa shape index (κ3) is 3.20. The Kier molecular flexibility index (Phi) is 4.68. The van der Waals surface area contributed by atoms with Crippen molar-refractivity contribution in [2.75, 3.05) is 19.5 Å². The van der Waals surface area contributed by atoms with E-state index in [-0.39, 0.29) is 0 Å². The molecule has 0 spiro atoms. The summed E-state index contributed by atoms with van der Waals surface area (Å²) in [6.07, 6.45) is 0. The highest BCUT2D eigenvalue weighted by atomic mass is 79.9. The summed E-state index contributed by atoms with van der Waals surface area (Å²) in [7, 11) is 3.29. The van der Waals surface area contributed by atoms with E-state index in [9.17, 15) is 0 Å². The number of para-hydroxylation sites is 2. The van der Waals surface area contributed by atoms with Crippen LogP contribution in [0.15, 0.2) is 46.9 Å². The van der Waals surface area contributed by atoms with E-state index in [0.717, 1.165) is 27.2 Å². The van der Waals surface area contributed by atoms with Gasteiger partial charge in [-0.2, -0.15) is 0 Å². The van der Waals surface area contributed by atoms with E-state index in [4.69, 9.17) is 9.47 Å². The zero-order valence-electron chi connectivity index (χ0n) is 10.9. The lowest BCUT2D eigenvalue weighted by atomic mass is 10.1. The van der Waals surface area contributed by atoms with Crippen LogP contribution in [0.25, 0.3) is 0 Å². The predicted molar refractivity (Wildman–Crippen MR) is 81.0 cm³/mol. The molecule has 0 heterocycles. The van der Waals surface area contributed by atoms with Crippen LogP contribution in [0, 0.1) is 0 Å². The Morgan fingerprint density at radius 1 is 1.00 bits per heavy atom. The summed E-state index contributed by atoms with van der Waals surface area (Å²) in [6.45, 7) is 0.670. The quantitative estimate of drug-likeness (QED) is 0.900. The minimum Gasteiger partial charge on any atom is -0.493 e. The van der Waals surface area contributed by atoms with Gasteiger partial charge in [0.15, 0.2) is 11.5 Å². The van der Waals surface area contributed by atoms with Crippen LogP contribution in [-0.4, -0.2) is 14.2 Å². The van der Waals surface area contributed by atoms with Gasteiger partial charge >= 0.3 is 0 Å². The fourth-order valence-electron chi connectivity index (χ4n) is 1.89. The number of anilines is 1. The molecule has 0 aromatic heterocycles. The number of rotatable bonds is 5. The molecule has 0 atom stereocenters. The summed E-state index contributed by atoms with van der Waals surface area (Å²) in [4.78, 5) is 0. The normalized spacial score (nSPS) is 10.1. The highest BCUT2D eigenvalue weighted by Gasteiger charge is 2.09. The zero-order valence-corrected chi connectivity index (χ0v) is 12.5. The van der Waals surface area contributed by atoms with Crippen molar-refractivity contribution in [3.05, 3.63) is 52.5 Å². The van der Waals surface area contributed by atoms with Gasteiger partial charge in [-0.15, -0.1) is 0 Å². The first-order valence-corrected chi connectivity index (χ1v) is 6.74. The largest absolute Gasteiger partial charge is 0.493 e. The molecule has 0 amide bonds. The molecule has 2 rings (SSSR count). The molecule has 0 aliphatic heterocycles. The lowest BCUT2D eigenvalue weighted by molar-refractivity contribution is 0.352. The third-order valence-electron chi connectivity index (χ3n) is 2.83. The van der Waals surface area contributed by atoms with Crippen molar-refractivity contribution in [2.24, 2.45) is 0 Å². The Morgan fingerprint density at radius 2 is 1.79 bits per heavy atom. The minimum atomic E-state index is 0.670. The molecule has 0 aliphatic carbocycles. The second-order valence-corrected chi connectivity index (χ2v) is 4.84. The number of ether oxygens (including phenoxy) is 2. The molecule has 2 aromatic rings. The molecule has 0 unspecified atom stereocenters. The molecule has 0 aliphatic rings. The van der Waals surface area contributed by atoms with Gasteiger partial charge in [-0.1, -0.05) is 24.3 Å². The first-order chi connectivity index (χ1) is 9.26. The van der Waals surface area contributed by atoms with Gasteiger partial charge in [-0.05, 0) is 34.1 Å². The maximum absolute atomic E-state index is 5.41. The molecule has 3 nitrogen and oxygen atoms in total. The predicted octanol–water partition coefficient (Wildman–Crippen LogP) is 4.08. The average molecular weight is 322 g/mol. The Balaban J connectivity index is 2.18. The van der Waals surface area contributed by atoms with Crippen molar-refractivity contribution >= 4 is 21.6 Å². The molecule has 0 radical (unpaired) electrons. The molecule has 0 fully saturated rings. The molecule has 4 heteroatoms. The van der Waals surface area contributed by atoms with E-state index in [2.05, 4.69) is 21.2 Å². The van der Waals surface area contributed by atoms with E-state index in [0.29, 0.717) is 6.54 Å². The topological polar surface area (TPSA) is 30.5 Å². The van der Waals surface area contributed by atoms with Crippen LogP contribution in [0.5, 0.6) is 11.5 Å². The van der Waals surface area contributed by atoms with Crippen LogP contribution < -0.4 is 14.8 Å². The van der Waals surface area contributed by atoms with E-state index in [1.54, 1.807) is 14.2 Å². The first kappa shape index (κ1) is 13.7. The molecule has 100 valence electrons. The highest BCUT2D eigenvalue weighted by molar-refractivity contribution is 9.10. The second kappa shape index (κ2) is 6.48. The summed E-state index contributed by atoms with van der Waals surface area (Å²) in [5, 5.41) is 3.37. The molecular formula is C15H16BrNO2.